The SMILES string of the molecule is C[C@@H](O)CNC(=O)c1ccc(F)c(F)c1F. The molecule has 0 spiro atoms. The number of carbonyl (C=O) groups is 1. The summed E-state index contributed by atoms with van der Waals surface area (Å²) in [6.45, 7) is 1.32. The van der Waals surface area contributed by atoms with E-state index in [-0.39, 0.29) is 6.54 Å². The third kappa shape index (κ3) is 2.73. The van der Waals surface area contributed by atoms with E-state index in [1.165, 1.54) is 6.92 Å². The lowest BCUT2D eigenvalue weighted by Crippen LogP contribution is -2.31. The number of carbonyl (C=O) groups excluding carboxylic acids is 1. The minimum absolute atomic E-state index is 0.0999. The largest absolute Gasteiger partial charge is 0.392 e. The number of aliphatic hydroxyl groups excluding tert-OH is 1. The molecule has 0 saturated carbocycles. The number of benzene rings is 1. The lowest BCUT2D eigenvalue weighted by molar-refractivity contribution is 0.0918. The fourth-order valence-electron chi connectivity index (χ4n) is 1.04. The predicted octanol–water partition coefficient (Wildman–Crippen LogP) is 1.21. The normalized spacial score (nSPS) is 12.3. The van der Waals surface area contributed by atoms with Gasteiger partial charge in [0.2, 0.25) is 0 Å². The number of rotatable bonds is 3. The highest BCUT2D eigenvalue weighted by atomic mass is 19.2. The van der Waals surface area contributed by atoms with Gasteiger partial charge in [0.25, 0.3) is 5.91 Å². The highest BCUT2D eigenvalue weighted by molar-refractivity contribution is 5.94. The summed E-state index contributed by atoms with van der Waals surface area (Å²) in [5.74, 6) is -5.49. The summed E-state index contributed by atoms with van der Waals surface area (Å²) in [4.78, 5) is 11.3. The van der Waals surface area contributed by atoms with Crippen molar-refractivity contribution in [3.05, 3.63) is 35.1 Å². The second kappa shape index (κ2) is 4.98. The zero-order valence-electron chi connectivity index (χ0n) is 8.43. The van der Waals surface area contributed by atoms with Gasteiger partial charge in [-0.25, -0.2) is 13.2 Å². The van der Waals surface area contributed by atoms with Crippen LogP contribution in [0.25, 0.3) is 0 Å². The van der Waals surface area contributed by atoms with E-state index < -0.39 is 35.0 Å². The number of hydrogen-bond donors (Lipinski definition) is 2. The lowest BCUT2D eigenvalue weighted by Gasteiger charge is -2.08. The third-order valence-corrected chi connectivity index (χ3v) is 1.84. The van der Waals surface area contributed by atoms with Gasteiger partial charge in [0, 0.05) is 6.54 Å². The summed E-state index contributed by atoms with van der Waals surface area (Å²) in [5.41, 5.74) is -0.598. The standard InChI is InChI=1S/C10H10F3NO2/c1-5(15)4-14-10(16)6-2-3-7(11)9(13)8(6)12/h2-3,5,15H,4H2,1H3,(H,14,16)/t5-/m1/s1. The molecule has 88 valence electrons. The molecule has 1 amide bonds. The van der Waals surface area contributed by atoms with Crippen LogP contribution in [0.5, 0.6) is 0 Å². The van der Waals surface area contributed by atoms with Gasteiger partial charge in [0.05, 0.1) is 11.7 Å². The van der Waals surface area contributed by atoms with E-state index in [1.807, 2.05) is 0 Å². The number of nitrogens with one attached hydrogen (secondary N) is 1. The van der Waals surface area contributed by atoms with E-state index in [0.29, 0.717) is 6.07 Å². The van der Waals surface area contributed by atoms with Crippen molar-refractivity contribution in [1.29, 1.82) is 0 Å². The van der Waals surface area contributed by atoms with Gasteiger partial charge in [-0.15, -0.1) is 0 Å². The minimum atomic E-state index is -1.69. The molecule has 3 nitrogen and oxygen atoms in total. The van der Waals surface area contributed by atoms with Crippen molar-refractivity contribution >= 4 is 5.91 Å². The zero-order valence-corrected chi connectivity index (χ0v) is 8.43. The van der Waals surface area contributed by atoms with E-state index in [0.717, 1.165) is 6.07 Å². The van der Waals surface area contributed by atoms with Crippen LogP contribution in [0.3, 0.4) is 0 Å². The molecule has 0 aliphatic heterocycles. The van der Waals surface area contributed by atoms with Crippen LogP contribution in [0.4, 0.5) is 13.2 Å². The van der Waals surface area contributed by atoms with Crippen molar-refractivity contribution in [3.8, 4) is 0 Å². The Morgan fingerprint density at radius 2 is 2.00 bits per heavy atom. The van der Waals surface area contributed by atoms with Crippen LogP contribution >= 0.6 is 0 Å². The Balaban J connectivity index is 2.88. The molecule has 0 aliphatic rings. The molecule has 0 heterocycles. The molecule has 0 aliphatic carbocycles. The Labute approximate surface area is 89.9 Å². The molecule has 0 bridgehead atoms. The van der Waals surface area contributed by atoms with E-state index >= 15 is 0 Å². The monoisotopic (exact) mass is 233 g/mol. The summed E-state index contributed by atoms with van der Waals surface area (Å²) in [6, 6.07) is 1.50. The average Bonchev–Trinajstić information content (AvgIpc) is 2.23. The topological polar surface area (TPSA) is 49.3 Å². The molecule has 1 aromatic rings. The Hall–Kier alpha value is -1.56. The van der Waals surface area contributed by atoms with Crippen molar-refractivity contribution < 1.29 is 23.1 Å². The van der Waals surface area contributed by atoms with Crippen LogP contribution in [0.1, 0.15) is 17.3 Å². The summed E-state index contributed by atoms with van der Waals surface area (Å²) >= 11 is 0. The molecule has 0 saturated heterocycles. The molecule has 2 N–H and O–H groups in total. The van der Waals surface area contributed by atoms with Gasteiger partial charge >= 0.3 is 0 Å². The number of amides is 1. The molecule has 0 radical (unpaired) electrons. The van der Waals surface area contributed by atoms with Crippen LogP contribution < -0.4 is 5.32 Å². The Morgan fingerprint density at radius 1 is 1.38 bits per heavy atom. The van der Waals surface area contributed by atoms with Gasteiger partial charge < -0.3 is 10.4 Å². The molecule has 1 rings (SSSR count). The number of aliphatic hydroxyl groups is 1. The quantitative estimate of drug-likeness (QED) is 0.771. The molecular weight excluding hydrogens is 223 g/mol. The summed E-state index contributed by atoms with van der Waals surface area (Å²) in [6.07, 6.45) is -0.808. The highest BCUT2D eigenvalue weighted by Gasteiger charge is 2.18. The lowest BCUT2D eigenvalue weighted by atomic mass is 10.2. The van der Waals surface area contributed by atoms with Crippen LogP contribution in [-0.4, -0.2) is 23.7 Å². The molecule has 1 atom stereocenters. The maximum absolute atomic E-state index is 13.1. The van der Waals surface area contributed by atoms with Crippen molar-refractivity contribution in [1.82, 2.24) is 5.32 Å². The van der Waals surface area contributed by atoms with Gasteiger partial charge in [-0.05, 0) is 19.1 Å². The first-order chi connectivity index (χ1) is 7.43. The first-order valence-electron chi connectivity index (χ1n) is 4.53. The Bertz CT molecular complexity index is 407. The summed E-state index contributed by atoms with van der Waals surface area (Å²) in [5, 5.41) is 11.0. The van der Waals surface area contributed by atoms with Crippen molar-refractivity contribution in [2.45, 2.75) is 13.0 Å². The Kier molecular flexibility index (Phi) is 3.89. The van der Waals surface area contributed by atoms with E-state index in [4.69, 9.17) is 5.11 Å². The maximum Gasteiger partial charge on any atom is 0.254 e. The van der Waals surface area contributed by atoms with Gasteiger partial charge in [-0.2, -0.15) is 0 Å². The zero-order chi connectivity index (χ0) is 12.3. The van der Waals surface area contributed by atoms with Crippen LogP contribution in [0, 0.1) is 17.5 Å². The maximum atomic E-state index is 13.1. The van der Waals surface area contributed by atoms with Gasteiger partial charge in [-0.1, -0.05) is 0 Å². The van der Waals surface area contributed by atoms with Gasteiger partial charge in [0.1, 0.15) is 0 Å². The molecule has 0 fully saturated rings. The molecule has 1 aromatic carbocycles. The molecule has 0 unspecified atom stereocenters. The number of hydrogen-bond acceptors (Lipinski definition) is 2. The van der Waals surface area contributed by atoms with E-state index in [2.05, 4.69) is 5.32 Å². The fourth-order valence-corrected chi connectivity index (χ4v) is 1.04. The first-order valence-corrected chi connectivity index (χ1v) is 4.53. The first kappa shape index (κ1) is 12.5. The van der Waals surface area contributed by atoms with Crippen molar-refractivity contribution in [2.75, 3.05) is 6.54 Å². The molecular formula is C10H10F3NO2. The second-order valence-electron chi connectivity index (χ2n) is 3.28. The molecule has 0 aromatic heterocycles. The number of halogens is 3. The van der Waals surface area contributed by atoms with Crippen LogP contribution in [0.15, 0.2) is 12.1 Å². The fraction of sp³-hybridized carbons (Fsp3) is 0.300. The van der Waals surface area contributed by atoms with Gasteiger partial charge in [-0.3, -0.25) is 4.79 Å². The molecule has 16 heavy (non-hydrogen) atoms. The highest BCUT2D eigenvalue weighted by Crippen LogP contribution is 2.14. The Morgan fingerprint density at radius 3 is 2.56 bits per heavy atom. The van der Waals surface area contributed by atoms with Gasteiger partial charge in [0.15, 0.2) is 17.5 Å². The van der Waals surface area contributed by atoms with E-state index in [1.54, 1.807) is 0 Å². The second-order valence-corrected chi connectivity index (χ2v) is 3.28. The molecule has 6 heteroatoms. The van der Waals surface area contributed by atoms with Crippen LogP contribution in [0.2, 0.25) is 0 Å². The van der Waals surface area contributed by atoms with Crippen LogP contribution in [-0.2, 0) is 0 Å². The summed E-state index contributed by atoms with van der Waals surface area (Å²) in [7, 11) is 0. The third-order valence-electron chi connectivity index (χ3n) is 1.84. The van der Waals surface area contributed by atoms with Crippen molar-refractivity contribution in [3.63, 3.8) is 0 Å². The average molecular weight is 233 g/mol. The minimum Gasteiger partial charge on any atom is -0.392 e. The smallest absolute Gasteiger partial charge is 0.254 e. The van der Waals surface area contributed by atoms with Crippen molar-refractivity contribution in [2.24, 2.45) is 0 Å². The summed E-state index contributed by atoms with van der Waals surface area (Å²) < 4.78 is 38.4. The van der Waals surface area contributed by atoms with E-state index in [9.17, 15) is 18.0 Å². The predicted molar refractivity (Wildman–Crippen MR) is 50.3 cm³/mol.